The van der Waals surface area contributed by atoms with Gasteiger partial charge in [0.1, 0.15) is 17.9 Å². The second kappa shape index (κ2) is 8.95. The summed E-state index contributed by atoms with van der Waals surface area (Å²) in [6, 6.07) is 22.4. The highest BCUT2D eigenvalue weighted by molar-refractivity contribution is 7.98. The van der Waals surface area contributed by atoms with Crippen molar-refractivity contribution in [3.63, 3.8) is 0 Å². The van der Waals surface area contributed by atoms with E-state index in [0.29, 0.717) is 22.6 Å². The summed E-state index contributed by atoms with van der Waals surface area (Å²) < 4.78 is 19.8. The zero-order valence-corrected chi connectivity index (χ0v) is 21.3. The Morgan fingerprint density at radius 1 is 0.944 bits per heavy atom. The predicted octanol–water partition coefficient (Wildman–Crippen LogP) is 5.89. The number of benzene rings is 3. The number of para-hydroxylation sites is 1. The number of nitrogens with one attached hydrogen (secondary N) is 1. The van der Waals surface area contributed by atoms with E-state index in [2.05, 4.69) is 42.6 Å². The number of ether oxygens (including phenoxy) is 3. The lowest BCUT2D eigenvalue weighted by molar-refractivity contribution is 0.222. The molecule has 0 saturated heterocycles. The molecular formula is C28H26N4O3S. The molecule has 0 spiro atoms. The van der Waals surface area contributed by atoms with Crippen LogP contribution in [0, 0.1) is 6.92 Å². The van der Waals surface area contributed by atoms with E-state index in [1.807, 2.05) is 47.3 Å². The van der Waals surface area contributed by atoms with Gasteiger partial charge in [0, 0.05) is 16.7 Å². The van der Waals surface area contributed by atoms with E-state index in [0.717, 1.165) is 33.7 Å². The molecule has 36 heavy (non-hydrogen) atoms. The van der Waals surface area contributed by atoms with E-state index in [1.165, 1.54) is 17.3 Å². The van der Waals surface area contributed by atoms with Gasteiger partial charge in [-0.1, -0.05) is 59.8 Å². The van der Waals surface area contributed by atoms with Crippen molar-refractivity contribution >= 4 is 23.4 Å². The normalized spacial score (nSPS) is 17.9. The zero-order valence-electron chi connectivity index (χ0n) is 20.5. The summed E-state index contributed by atoms with van der Waals surface area (Å²) in [5, 5.41) is 9.16. The van der Waals surface area contributed by atoms with Crippen LogP contribution in [0.3, 0.4) is 0 Å². The van der Waals surface area contributed by atoms with E-state index in [-0.39, 0.29) is 12.1 Å². The minimum Gasteiger partial charge on any atom is -0.493 e. The first-order valence-corrected chi connectivity index (χ1v) is 12.9. The van der Waals surface area contributed by atoms with Crippen LogP contribution in [0.25, 0.3) is 5.70 Å². The van der Waals surface area contributed by atoms with Crippen LogP contribution in [0.4, 0.5) is 5.95 Å². The second-order valence-electron chi connectivity index (χ2n) is 8.74. The summed E-state index contributed by atoms with van der Waals surface area (Å²) in [4.78, 5) is 4.77. The molecule has 1 aromatic heterocycles. The molecule has 0 saturated carbocycles. The van der Waals surface area contributed by atoms with E-state index in [4.69, 9.17) is 24.3 Å². The minimum absolute atomic E-state index is 0.211. The number of aromatic nitrogens is 3. The molecule has 8 heteroatoms. The third kappa shape index (κ3) is 3.60. The number of rotatable bonds is 5. The number of nitrogens with zero attached hydrogens (tertiary/aromatic N) is 3. The Morgan fingerprint density at radius 2 is 1.69 bits per heavy atom. The molecule has 2 aliphatic rings. The van der Waals surface area contributed by atoms with Crippen molar-refractivity contribution < 1.29 is 14.2 Å². The van der Waals surface area contributed by atoms with Crippen LogP contribution < -0.4 is 19.5 Å². The van der Waals surface area contributed by atoms with Gasteiger partial charge in [0.15, 0.2) is 11.5 Å². The third-order valence-corrected chi connectivity index (χ3v) is 7.18. The van der Waals surface area contributed by atoms with Gasteiger partial charge in [-0.05, 0) is 43.0 Å². The van der Waals surface area contributed by atoms with Crippen molar-refractivity contribution in [2.24, 2.45) is 0 Å². The topological polar surface area (TPSA) is 70.4 Å². The Kier molecular flexibility index (Phi) is 5.60. The van der Waals surface area contributed by atoms with Gasteiger partial charge in [-0.2, -0.15) is 4.98 Å². The lowest BCUT2D eigenvalue weighted by Gasteiger charge is -2.39. The molecule has 3 aromatic carbocycles. The van der Waals surface area contributed by atoms with Gasteiger partial charge in [-0.3, -0.25) is 0 Å². The number of fused-ring (bicyclic) bond motifs is 3. The Morgan fingerprint density at radius 3 is 2.44 bits per heavy atom. The molecule has 182 valence electrons. The zero-order chi connectivity index (χ0) is 24.8. The fraction of sp³-hybridized carbons (Fsp3) is 0.214. The number of hydrogen-bond donors (Lipinski definition) is 1. The highest BCUT2D eigenvalue weighted by Gasteiger charge is 2.41. The third-order valence-electron chi connectivity index (χ3n) is 6.65. The molecule has 3 heterocycles. The lowest BCUT2D eigenvalue weighted by atomic mass is 9.84. The van der Waals surface area contributed by atoms with Crippen molar-refractivity contribution in [1.82, 2.24) is 14.8 Å². The monoisotopic (exact) mass is 498 g/mol. The van der Waals surface area contributed by atoms with Crippen LogP contribution in [0.2, 0.25) is 0 Å². The standard InChI is InChI=1S/C28H26N4O3S/c1-16-9-11-17(12-10-16)25-23-24(29-27-30-28(36-4)31-32(25)27)19-7-5-6-8-20(19)35-26(23)18-13-14-21(33-2)22(15-18)34-3/h5-15,25-26H,1-4H3,(H,29,30,31)/t25-,26-/m0/s1. The number of methoxy groups -OCH3 is 2. The Labute approximate surface area is 214 Å². The smallest absolute Gasteiger partial charge is 0.227 e. The van der Waals surface area contributed by atoms with Crippen LogP contribution in [0.1, 0.15) is 34.4 Å². The molecule has 0 unspecified atom stereocenters. The van der Waals surface area contributed by atoms with Crippen LogP contribution >= 0.6 is 11.8 Å². The first-order valence-electron chi connectivity index (χ1n) is 11.7. The summed E-state index contributed by atoms with van der Waals surface area (Å²) in [5.41, 5.74) is 6.34. The number of anilines is 1. The first-order chi connectivity index (χ1) is 17.6. The van der Waals surface area contributed by atoms with Gasteiger partial charge >= 0.3 is 0 Å². The van der Waals surface area contributed by atoms with Gasteiger partial charge in [0.25, 0.3) is 0 Å². The molecule has 2 atom stereocenters. The van der Waals surface area contributed by atoms with Gasteiger partial charge in [0.05, 0.1) is 19.9 Å². The van der Waals surface area contributed by atoms with E-state index < -0.39 is 0 Å². The Bertz CT molecular complexity index is 1480. The van der Waals surface area contributed by atoms with Crippen LogP contribution in [-0.2, 0) is 0 Å². The fourth-order valence-corrected chi connectivity index (χ4v) is 5.25. The maximum absolute atomic E-state index is 6.72. The molecular weight excluding hydrogens is 472 g/mol. The van der Waals surface area contributed by atoms with Crippen molar-refractivity contribution in [2.45, 2.75) is 24.2 Å². The van der Waals surface area contributed by atoms with Crippen molar-refractivity contribution in [1.29, 1.82) is 0 Å². The van der Waals surface area contributed by atoms with E-state index in [9.17, 15) is 0 Å². The summed E-state index contributed by atoms with van der Waals surface area (Å²) in [6.07, 6.45) is 1.60. The summed E-state index contributed by atoms with van der Waals surface area (Å²) >= 11 is 1.52. The Hall–Kier alpha value is -3.91. The SMILES string of the molecule is COc1ccc([C@@H]2Oc3ccccc3C3=C2[C@H](c2ccc(C)cc2)n2nc(SC)nc2N3)cc1OC. The maximum atomic E-state index is 6.72. The van der Waals surface area contributed by atoms with Gasteiger partial charge in [0.2, 0.25) is 11.1 Å². The fourth-order valence-electron chi connectivity index (χ4n) is 4.90. The van der Waals surface area contributed by atoms with Gasteiger partial charge in [-0.15, -0.1) is 5.10 Å². The first kappa shape index (κ1) is 22.5. The molecule has 7 nitrogen and oxygen atoms in total. The quantitative estimate of drug-likeness (QED) is 0.344. The highest BCUT2D eigenvalue weighted by atomic mass is 32.2. The number of aryl methyl sites for hydroxylation is 1. The van der Waals surface area contributed by atoms with Crippen LogP contribution in [0.5, 0.6) is 17.2 Å². The number of hydrogen-bond acceptors (Lipinski definition) is 7. The molecule has 0 radical (unpaired) electrons. The van der Waals surface area contributed by atoms with Crippen LogP contribution in [0.15, 0.2) is 77.5 Å². The minimum atomic E-state index is -0.386. The van der Waals surface area contributed by atoms with Crippen molar-refractivity contribution in [3.8, 4) is 17.2 Å². The van der Waals surface area contributed by atoms with E-state index >= 15 is 0 Å². The van der Waals surface area contributed by atoms with Gasteiger partial charge in [-0.25, -0.2) is 4.68 Å². The van der Waals surface area contributed by atoms with Crippen molar-refractivity contribution in [3.05, 3.63) is 94.6 Å². The summed E-state index contributed by atoms with van der Waals surface area (Å²) in [6.45, 7) is 2.09. The largest absolute Gasteiger partial charge is 0.493 e. The maximum Gasteiger partial charge on any atom is 0.227 e. The average Bonchev–Trinajstić information content (AvgIpc) is 3.34. The average molecular weight is 499 g/mol. The lowest BCUT2D eigenvalue weighted by Crippen LogP contribution is -2.32. The molecule has 0 bridgehead atoms. The molecule has 0 aliphatic carbocycles. The molecule has 2 aliphatic heterocycles. The summed E-state index contributed by atoms with van der Waals surface area (Å²) in [5.74, 6) is 2.85. The van der Waals surface area contributed by atoms with E-state index in [1.54, 1.807) is 14.2 Å². The summed E-state index contributed by atoms with van der Waals surface area (Å²) in [7, 11) is 3.28. The molecule has 6 rings (SSSR count). The Balaban J connectivity index is 1.61. The second-order valence-corrected chi connectivity index (χ2v) is 9.52. The predicted molar refractivity (Wildman–Crippen MR) is 141 cm³/mol. The molecule has 0 fully saturated rings. The van der Waals surface area contributed by atoms with Crippen LogP contribution in [-0.4, -0.2) is 35.2 Å². The van der Waals surface area contributed by atoms with Gasteiger partial charge < -0.3 is 19.5 Å². The molecule has 1 N–H and O–H groups in total. The highest BCUT2D eigenvalue weighted by Crippen LogP contribution is 2.51. The number of thioether (sulfide) groups is 1. The molecule has 0 amide bonds. The molecule has 4 aromatic rings. The van der Waals surface area contributed by atoms with Crippen molar-refractivity contribution in [2.75, 3.05) is 25.8 Å².